The van der Waals surface area contributed by atoms with Gasteiger partial charge in [0.1, 0.15) is 19.6 Å². The minimum Gasteiger partial charge on any atom is -0.464 e. The topological polar surface area (TPSA) is 134 Å². The van der Waals surface area contributed by atoms with Gasteiger partial charge in [0.15, 0.2) is 5.78 Å². The Labute approximate surface area is 103 Å². The predicted molar refractivity (Wildman–Crippen MR) is 56.7 cm³/mol. The lowest BCUT2D eigenvalue weighted by molar-refractivity contribution is -0.286. The van der Waals surface area contributed by atoms with Crippen LogP contribution in [0, 0.1) is 11.3 Å². The molecule has 0 N–H and O–H groups in total. The first kappa shape index (κ1) is 15.9. The smallest absolute Gasteiger partial charge is 0.313 e. The summed E-state index contributed by atoms with van der Waals surface area (Å²) in [5.41, 5.74) is 7.94. The van der Waals surface area contributed by atoms with Gasteiger partial charge < -0.3 is 4.74 Å². The van der Waals surface area contributed by atoms with Crippen molar-refractivity contribution in [3.63, 3.8) is 0 Å². The van der Waals surface area contributed by atoms with E-state index in [0.29, 0.717) is 0 Å². The van der Waals surface area contributed by atoms with Crippen LogP contribution in [-0.2, 0) is 24.1 Å². The summed E-state index contributed by atoms with van der Waals surface area (Å²) in [6, 6.07) is 1.79. The second-order valence-electron chi connectivity index (χ2n) is 2.88. The van der Waals surface area contributed by atoms with Gasteiger partial charge in [-0.15, -0.1) is 0 Å². The fourth-order valence-electron chi connectivity index (χ4n) is 0.763. The van der Waals surface area contributed by atoms with Crippen molar-refractivity contribution in [3.8, 4) is 6.07 Å². The van der Waals surface area contributed by atoms with E-state index in [1.54, 1.807) is 6.07 Å². The fraction of sp³-hybridized carbons (Fsp3) is 0.667. The highest BCUT2D eigenvalue weighted by Crippen LogP contribution is 1.92. The van der Waals surface area contributed by atoms with Gasteiger partial charge in [0.05, 0.1) is 25.6 Å². The first-order valence-electron chi connectivity index (χ1n) is 5.00. The largest absolute Gasteiger partial charge is 0.464 e. The van der Waals surface area contributed by atoms with Crippen LogP contribution >= 0.6 is 0 Å². The number of esters is 1. The first-order valence-corrected chi connectivity index (χ1v) is 5.00. The van der Waals surface area contributed by atoms with E-state index in [0.717, 1.165) is 0 Å². The fourth-order valence-corrected chi connectivity index (χ4v) is 0.763. The lowest BCUT2D eigenvalue weighted by atomic mass is 10.3. The summed E-state index contributed by atoms with van der Waals surface area (Å²) in [5.74, 6) is -1.23. The number of hydrogen-bond donors (Lipinski definition) is 0. The molecule has 0 aliphatic carbocycles. The second kappa shape index (κ2) is 11.3. The van der Waals surface area contributed by atoms with Crippen molar-refractivity contribution in [2.75, 3.05) is 26.4 Å². The Morgan fingerprint density at radius 2 is 2.11 bits per heavy atom. The van der Waals surface area contributed by atoms with Gasteiger partial charge in [0, 0.05) is 4.91 Å². The summed E-state index contributed by atoms with van der Waals surface area (Å²) in [4.78, 5) is 33.6. The van der Waals surface area contributed by atoms with Gasteiger partial charge in [-0.25, -0.2) is 9.78 Å². The highest BCUT2D eigenvalue weighted by atomic mass is 17.2. The Bertz CT molecular complexity index is 358. The van der Waals surface area contributed by atoms with Crippen molar-refractivity contribution >= 4 is 11.8 Å². The average molecular weight is 256 g/mol. The van der Waals surface area contributed by atoms with Crippen LogP contribution in [0.25, 0.3) is 10.4 Å². The summed E-state index contributed by atoms with van der Waals surface area (Å²) in [6.45, 7) is -0.333. The number of nitriles is 1. The monoisotopic (exact) mass is 256 g/mol. The van der Waals surface area contributed by atoms with E-state index >= 15 is 0 Å². The molecule has 0 fully saturated rings. The number of carbonyl (C=O) groups excluding carboxylic acids is 2. The summed E-state index contributed by atoms with van der Waals surface area (Å²) in [7, 11) is 0. The molecule has 0 aromatic heterocycles. The van der Waals surface area contributed by atoms with Crippen LogP contribution in [-0.4, -0.2) is 38.1 Å². The Morgan fingerprint density at radius 1 is 1.33 bits per heavy atom. The van der Waals surface area contributed by atoms with Crippen LogP contribution in [0.3, 0.4) is 0 Å². The van der Waals surface area contributed by atoms with Crippen LogP contribution in [0.5, 0.6) is 0 Å². The molecule has 0 radical (unpaired) electrons. The van der Waals surface area contributed by atoms with Crippen LogP contribution in [0.15, 0.2) is 5.11 Å². The molecule has 9 nitrogen and oxygen atoms in total. The average Bonchev–Trinajstić information content (AvgIpc) is 2.34. The van der Waals surface area contributed by atoms with E-state index in [-0.39, 0.29) is 26.2 Å². The summed E-state index contributed by atoms with van der Waals surface area (Å²) in [6.07, 6.45) is -0.357. The normalized spacial score (nSPS) is 9.06. The number of ether oxygens (including phenoxy) is 1. The molecule has 0 amide bonds. The molecule has 0 saturated heterocycles. The minimum atomic E-state index is -0.715. The number of nitrogens with zero attached hydrogens (tertiary/aromatic N) is 4. The molecule has 18 heavy (non-hydrogen) atoms. The van der Waals surface area contributed by atoms with Gasteiger partial charge in [-0.05, 0) is 5.53 Å². The Morgan fingerprint density at radius 3 is 2.78 bits per heavy atom. The third-order valence-corrected chi connectivity index (χ3v) is 1.46. The molecule has 9 heteroatoms. The SMILES string of the molecule is N#CCCOC(=O)CC(=O)COOCCN=[N+]=[N-]. The quantitative estimate of drug-likeness (QED) is 0.0823. The second-order valence-corrected chi connectivity index (χ2v) is 2.88. The zero-order valence-electron chi connectivity index (χ0n) is 9.57. The Kier molecular flexibility index (Phi) is 10.00. The van der Waals surface area contributed by atoms with Gasteiger partial charge >= 0.3 is 5.97 Å². The maximum absolute atomic E-state index is 11.1. The summed E-state index contributed by atoms with van der Waals surface area (Å²) in [5, 5.41) is 11.4. The van der Waals surface area contributed by atoms with Crippen LogP contribution in [0.1, 0.15) is 12.8 Å². The van der Waals surface area contributed by atoms with Crippen LogP contribution < -0.4 is 0 Å². The molecular formula is C9H12N4O5. The Balaban J connectivity index is 3.50. The highest BCUT2D eigenvalue weighted by molar-refractivity contribution is 5.96. The molecular weight excluding hydrogens is 244 g/mol. The number of azide groups is 1. The van der Waals surface area contributed by atoms with E-state index in [9.17, 15) is 9.59 Å². The van der Waals surface area contributed by atoms with Crippen molar-refractivity contribution in [2.45, 2.75) is 12.8 Å². The summed E-state index contributed by atoms with van der Waals surface area (Å²) < 4.78 is 4.58. The van der Waals surface area contributed by atoms with Crippen molar-refractivity contribution in [1.29, 1.82) is 5.26 Å². The highest BCUT2D eigenvalue weighted by Gasteiger charge is 2.11. The number of Topliss-reactive ketones (excluding diaryl/α,β-unsaturated/α-hetero) is 1. The van der Waals surface area contributed by atoms with Crippen LogP contribution in [0.4, 0.5) is 0 Å². The Hall–Kier alpha value is -2.14. The third kappa shape index (κ3) is 10.4. The lowest BCUT2D eigenvalue weighted by Crippen LogP contribution is -2.16. The van der Waals surface area contributed by atoms with Gasteiger partial charge in [0.25, 0.3) is 0 Å². The van der Waals surface area contributed by atoms with E-state index in [1.807, 2.05) is 0 Å². The molecule has 0 atom stereocenters. The van der Waals surface area contributed by atoms with Gasteiger partial charge in [0.2, 0.25) is 0 Å². The molecule has 0 rings (SSSR count). The maximum Gasteiger partial charge on any atom is 0.313 e. The van der Waals surface area contributed by atoms with Gasteiger partial charge in [-0.1, -0.05) is 5.11 Å². The lowest BCUT2D eigenvalue weighted by Gasteiger charge is -2.02. The van der Waals surface area contributed by atoms with Crippen molar-refractivity contribution in [2.24, 2.45) is 5.11 Å². The van der Waals surface area contributed by atoms with Crippen molar-refractivity contribution < 1.29 is 24.1 Å². The number of rotatable bonds is 10. The number of hydrogen-bond acceptors (Lipinski definition) is 7. The zero-order valence-corrected chi connectivity index (χ0v) is 9.57. The molecule has 0 aromatic rings. The van der Waals surface area contributed by atoms with E-state index in [1.165, 1.54) is 0 Å². The van der Waals surface area contributed by atoms with Crippen molar-refractivity contribution in [1.82, 2.24) is 0 Å². The molecule has 0 heterocycles. The zero-order chi connectivity index (χ0) is 13.6. The summed E-state index contributed by atoms with van der Waals surface area (Å²) >= 11 is 0. The molecule has 0 saturated carbocycles. The molecule has 0 aliphatic heterocycles. The standard InChI is InChI=1S/C9H12N4O5/c10-2-1-4-16-9(15)6-8(14)7-18-17-5-3-12-13-11/h1,3-7H2. The minimum absolute atomic E-state index is 0.0178. The molecule has 0 spiro atoms. The van der Waals surface area contributed by atoms with Crippen molar-refractivity contribution in [3.05, 3.63) is 10.4 Å². The maximum atomic E-state index is 11.1. The van der Waals surface area contributed by atoms with Gasteiger partial charge in [-0.2, -0.15) is 5.26 Å². The third-order valence-electron chi connectivity index (χ3n) is 1.46. The predicted octanol–water partition coefficient (Wildman–Crippen LogP) is 0.661. The first-order chi connectivity index (χ1) is 8.70. The number of ketones is 1. The molecule has 98 valence electrons. The van der Waals surface area contributed by atoms with Gasteiger partial charge in [-0.3, -0.25) is 9.59 Å². The number of carbonyl (C=O) groups is 2. The van der Waals surface area contributed by atoms with E-state index in [2.05, 4.69) is 24.5 Å². The molecule has 0 bridgehead atoms. The molecule has 0 aliphatic rings. The van der Waals surface area contributed by atoms with E-state index < -0.39 is 24.8 Å². The van der Waals surface area contributed by atoms with Crippen LogP contribution in [0.2, 0.25) is 0 Å². The van der Waals surface area contributed by atoms with E-state index in [4.69, 9.17) is 10.8 Å². The molecule has 0 aromatic carbocycles. The molecule has 0 unspecified atom stereocenters.